The largest absolute Gasteiger partial charge is 0.480 e. The molecular weight excluding hydrogens is 182 g/mol. The minimum absolute atomic E-state index is 0.331. The molecule has 1 N–H and O–H groups in total. The van der Waals surface area contributed by atoms with Gasteiger partial charge in [-0.15, -0.1) is 6.42 Å². The van der Waals surface area contributed by atoms with Crippen molar-refractivity contribution in [3.8, 4) is 12.3 Å². The molecular formula is C10H13NO3. The summed E-state index contributed by atoms with van der Waals surface area (Å²) < 4.78 is 0. The number of rotatable bonds is 1. The molecule has 0 aromatic rings. The van der Waals surface area contributed by atoms with Crippen LogP contribution < -0.4 is 0 Å². The monoisotopic (exact) mass is 195 g/mol. The van der Waals surface area contributed by atoms with Crippen molar-refractivity contribution in [3.63, 3.8) is 0 Å². The number of carboxylic acids is 1. The second-order valence-corrected chi connectivity index (χ2v) is 3.63. The van der Waals surface area contributed by atoms with Crippen LogP contribution in [0.2, 0.25) is 0 Å². The average molecular weight is 195 g/mol. The van der Waals surface area contributed by atoms with Crippen molar-refractivity contribution in [1.29, 1.82) is 0 Å². The van der Waals surface area contributed by atoms with E-state index < -0.39 is 17.9 Å². The highest BCUT2D eigenvalue weighted by Gasteiger charge is 2.33. The van der Waals surface area contributed by atoms with Crippen LogP contribution in [0.1, 0.15) is 19.8 Å². The van der Waals surface area contributed by atoms with E-state index in [-0.39, 0.29) is 0 Å². The van der Waals surface area contributed by atoms with E-state index in [2.05, 4.69) is 0 Å². The van der Waals surface area contributed by atoms with Gasteiger partial charge in [0.1, 0.15) is 6.04 Å². The van der Waals surface area contributed by atoms with E-state index >= 15 is 0 Å². The van der Waals surface area contributed by atoms with Crippen LogP contribution in [0, 0.1) is 18.3 Å². The smallest absolute Gasteiger partial charge is 0.326 e. The van der Waals surface area contributed by atoms with E-state index in [1.165, 1.54) is 4.90 Å². The molecule has 1 saturated heterocycles. The van der Waals surface area contributed by atoms with Gasteiger partial charge >= 0.3 is 5.97 Å². The summed E-state index contributed by atoms with van der Waals surface area (Å²) >= 11 is 0. The van der Waals surface area contributed by atoms with Crippen LogP contribution in [0.4, 0.5) is 0 Å². The number of likely N-dealkylation sites (tertiary alicyclic amines) is 1. The highest BCUT2D eigenvalue weighted by molar-refractivity contribution is 5.95. The first-order chi connectivity index (χ1) is 6.56. The fraction of sp³-hybridized carbons (Fsp3) is 0.600. The van der Waals surface area contributed by atoms with Gasteiger partial charge in [-0.2, -0.15) is 0 Å². The van der Waals surface area contributed by atoms with Crippen molar-refractivity contribution in [3.05, 3.63) is 0 Å². The van der Waals surface area contributed by atoms with Gasteiger partial charge in [-0.3, -0.25) is 4.79 Å². The number of carboxylic acid groups (broad SMARTS) is 1. The number of hydrogen-bond donors (Lipinski definition) is 1. The molecule has 0 saturated carbocycles. The summed E-state index contributed by atoms with van der Waals surface area (Å²) in [7, 11) is 0. The van der Waals surface area contributed by atoms with Crippen molar-refractivity contribution in [2.75, 3.05) is 6.54 Å². The molecule has 0 bridgehead atoms. The summed E-state index contributed by atoms with van der Waals surface area (Å²) in [5.41, 5.74) is 0. The highest BCUT2D eigenvalue weighted by Crippen LogP contribution is 2.22. The van der Waals surface area contributed by atoms with E-state index in [4.69, 9.17) is 11.5 Å². The molecule has 0 radical (unpaired) electrons. The second-order valence-electron chi connectivity index (χ2n) is 3.63. The third kappa shape index (κ3) is 2.05. The van der Waals surface area contributed by atoms with Crippen molar-refractivity contribution < 1.29 is 14.7 Å². The maximum Gasteiger partial charge on any atom is 0.326 e. The lowest BCUT2D eigenvalue weighted by atomic mass is 9.92. The van der Waals surface area contributed by atoms with Crippen molar-refractivity contribution in [1.82, 2.24) is 4.90 Å². The third-order valence-electron chi connectivity index (χ3n) is 2.53. The molecule has 0 spiro atoms. The molecule has 2 atom stereocenters. The van der Waals surface area contributed by atoms with Crippen LogP contribution in [0.5, 0.6) is 0 Å². The Morgan fingerprint density at radius 2 is 2.21 bits per heavy atom. The third-order valence-corrected chi connectivity index (χ3v) is 2.53. The lowest BCUT2D eigenvalue weighted by Crippen LogP contribution is -2.49. The van der Waals surface area contributed by atoms with Gasteiger partial charge < -0.3 is 10.0 Å². The summed E-state index contributed by atoms with van der Waals surface area (Å²) in [5, 5.41) is 8.91. The molecule has 14 heavy (non-hydrogen) atoms. The molecule has 4 nitrogen and oxygen atoms in total. The maximum absolute atomic E-state index is 11.2. The lowest BCUT2D eigenvalue weighted by molar-refractivity contribution is -0.150. The van der Waals surface area contributed by atoms with E-state index in [0.717, 1.165) is 6.42 Å². The van der Waals surface area contributed by atoms with Gasteiger partial charge in [-0.1, -0.05) is 6.92 Å². The second kappa shape index (κ2) is 4.14. The van der Waals surface area contributed by atoms with Crippen LogP contribution in [0.15, 0.2) is 0 Å². The van der Waals surface area contributed by atoms with Crippen molar-refractivity contribution in [2.45, 2.75) is 25.8 Å². The van der Waals surface area contributed by atoms with Crippen LogP contribution in [0.25, 0.3) is 0 Å². The first-order valence-electron chi connectivity index (χ1n) is 4.56. The Balaban J connectivity index is 2.78. The van der Waals surface area contributed by atoms with Gasteiger partial charge in [0.2, 0.25) is 0 Å². The maximum atomic E-state index is 11.2. The lowest BCUT2D eigenvalue weighted by Gasteiger charge is -2.34. The Hall–Kier alpha value is -1.50. The van der Waals surface area contributed by atoms with Gasteiger partial charge in [-0.05, 0) is 24.7 Å². The average Bonchev–Trinajstić information content (AvgIpc) is 2.16. The molecule has 0 aromatic carbocycles. The molecule has 0 aliphatic carbocycles. The van der Waals surface area contributed by atoms with Crippen molar-refractivity contribution in [2.24, 2.45) is 5.92 Å². The summed E-state index contributed by atoms with van der Waals surface area (Å²) in [5.74, 6) is 0.794. The molecule has 4 heteroatoms. The normalized spacial score (nSPS) is 26.7. The number of aliphatic carboxylic acids is 1. The Bertz CT molecular complexity index is 292. The zero-order valence-corrected chi connectivity index (χ0v) is 8.06. The van der Waals surface area contributed by atoms with Gasteiger partial charge in [0, 0.05) is 6.54 Å². The molecule has 2 unspecified atom stereocenters. The van der Waals surface area contributed by atoms with E-state index in [1.807, 2.05) is 12.8 Å². The number of hydrogen-bond acceptors (Lipinski definition) is 2. The van der Waals surface area contributed by atoms with E-state index in [9.17, 15) is 9.59 Å². The number of terminal acetylenes is 1. The summed E-state index contributed by atoms with van der Waals surface area (Å²) in [6.07, 6.45) is 6.27. The fourth-order valence-corrected chi connectivity index (χ4v) is 1.70. The SMILES string of the molecule is C#CC(=O)N1CCC(C)CC1C(=O)O. The number of nitrogens with zero attached hydrogens (tertiary/aromatic N) is 1. The summed E-state index contributed by atoms with van der Waals surface area (Å²) in [4.78, 5) is 23.3. The van der Waals surface area contributed by atoms with Crippen LogP contribution in [-0.2, 0) is 9.59 Å². The topological polar surface area (TPSA) is 57.6 Å². The Morgan fingerprint density at radius 3 is 2.71 bits per heavy atom. The zero-order valence-electron chi connectivity index (χ0n) is 8.06. The minimum Gasteiger partial charge on any atom is -0.480 e. The first kappa shape index (κ1) is 10.6. The quantitative estimate of drug-likeness (QED) is 0.613. The molecule has 1 heterocycles. The number of amides is 1. The van der Waals surface area contributed by atoms with E-state index in [0.29, 0.717) is 18.9 Å². The molecule has 1 aliphatic rings. The summed E-state index contributed by atoms with van der Waals surface area (Å²) in [6.45, 7) is 2.43. The van der Waals surface area contributed by atoms with Crippen LogP contribution in [-0.4, -0.2) is 34.5 Å². The van der Waals surface area contributed by atoms with Crippen LogP contribution >= 0.6 is 0 Å². The Morgan fingerprint density at radius 1 is 1.57 bits per heavy atom. The number of carbonyl (C=O) groups excluding carboxylic acids is 1. The molecule has 1 amide bonds. The number of piperidine rings is 1. The molecule has 76 valence electrons. The standard InChI is InChI=1S/C10H13NO3/c1-3-9(12)11-5-4-7(2)6-8(11)10(13)14/h1,7-8H,4-6H2,2H3,(H,13,14). The molecule has 1 fully saturated rings. The van der Waals surface area contributed by atoms with Gasteiger partial charge in [0.05, 0.1) is 0 Å². The summed E-state index contributed by atoms with van der Waals surface area (Å²) in [6, 6.07) is -0.748. The highest BCUT2D eigenvalue weighted by atomic mass is 16.4. The predicted octanol–water partition coefficient (Wildman–Crippen LogP) is 0.331. The predicted molar refractivity (Wildman–Crippen MR) is 50.4 cm³/mol. The van der Waals surface area contributed by atoms with Gasteiger partial charge in [0.25, 0.3) is 5.91 Å². The fourth-order valence-electron chi connectivity index (χ4n) is 1.70. The van der Waals surface area contributed by atoms with Gasteiger partial charge in [-0.25, -0.2) is 4.79 Å². The molecule has 0 aromatic heterocycles. The minimum atomic E-state index is -0.972. The number of carbonyl (C=O) groups is 2. The first-order valence-corrected chi connectivity index (χ1v) is 4.56. The molecule has 1 rings (SSSR count). The van der Waals surface area contributed by atoms with Crippen LogP contribution in [0.3, 0.4) is 0 Å². The van der Waals surface area contributed by atoms with Crippen molar-refractivity contribution >= 4 is 11.9 Å². The Kier molecular flexibility index (Phi) is 3.13. The van der Waals surface area contributed by atoms with E-state index in [1.54, 1.807) is 0 Å². The zero-order chi connectivity index (χ0) is 10.7. The van der Waals surface area contributed by atoms with Gasteiger partial charge in [0.15, 0.2) is 0 Å². The Labute approximate surface area is 82.9 Å². The molecule has 1 aliphatic heterocycles.